The average Bonchev–Trinajstić information content (AvgIpc) is 1.99. The summed E-state index contributed by atoms with van der Waals surface area (Å²) in [4.78, 5) is 0. The number of hydrogen-bond donors (Lipinski definition) is 0. The van der Waals surface area contributed by atoms with Crippen LogP contribution in [0.1, 0.15) is 11.1 Å². The summed E-state index contributed by atoms with van der Waals surface area (Å²) < 4.78 is 26.5. The molecule has 14 heavy (non-hydrogen) atoms. The van der Waals surface area contributed by atoms with E-state index in [1.54, 1.807) is 12.1 Å². The maximum atomic E-state index is 10.9. The number of aryl methyl sites for hydroxylation is 1. The Labute approximate surface area is 92.3 Å². The van der Waals surface area contributed by atoms with E-state index in [9.17, 15) is 8.42 Å². The Balaban J connectivity index is 3.04. The van der Waals surface area contributed by atoms with Crippen LogP contribution in [0.4, 0.5) is 0 Å². The monoisotopic (exact) mass is 278 g/mol. The van der Waals surface area contributed by atoms with Gasteiger partial charge in [0.05, 0.1) is 6.26 Å². The van der Waals surface area contributed by atoms with E-state index in [4.69, 9.17) is 4.18 Å². The van der Waals surface area contributed by atoms with Crippen LogP contribution in [0, 0.1) is 6.92 Å². The maximum Gasteiger partial charge on any atom is 0.306 e. The van der Waals surface area contributed by atoms with Crippen molar-refractivity contribution in [2.24, 2.45) is 0 Å². The summed E-state index contributed by atoms with van der Waals surface area (Å²) in [7, 11) is -3.43. The molecule has 0 heterocycles. The minimum atomic E-state index is -3.43. The van der Waals surface area contributed by atoms with Crippen molar-refractivity contribution in [3.8, 4) is 5.75 Å². The van der Waals surface area contributed by atoms with Crippen molar-refractivity contribution >= 4 is 26.0 Å². The van der Waals surface area contributed by atoms with E-state index >= 15 is 0 Å². The zero-order valence-electron chi connectivity index (χ0n) is 7.95. The molecule has 0 unspecified atom stereocenters. The van der Waals surface area contributed by atoms with Gasteiger partial charge in [0, 0.05) is 5.33 Å². The largest absolute Gasteiger partial charge is 0.383 e. The maximum absolute atomic E-state index is 10.9. The van der Waals surface area contributed by atoms with E-state index in [0.29, 0.717) is 11.1 Å². The zero-order chi connectivity index (χ0) is 10.8. The van der Waals surface area contributed by atoms with Crippen molar-refractivity contribution in [2.75, 3.05) is 6.26 Å². The molecular formula is C9H11BrO3S. The normalized spacial score (nSPS) is 11.4. The first-order chi connectivity index (χ1) is 6.40. The third-order valence-corrected chi connectivity index (χ3v) is 2.66. The van der Waals surface area contributed by atoms with Crippen LogP contribution in [0.5, 0.6) is 5.75 Å². The van der Waals surface area contributed by atoms with E-state index in [1.807, 2.05) is 13.0 Å². The molecule has 1 aromatic rings. The third kappa shape index (κ3) is 3.67. The number of rotatable bonds is 3. The van der Waals surface area contributed by atoms with Crippen molar-refractivity contribution in [1.82, 2.24) is 0 Å². The highest BCUT2D eigenvalue weighted by Gasteiger charge is 2.05. The first-order valence-electron chi connectivity index (χ1n) is 3.97. The Morgan fingerprint density at radius 2 is 2.00 bits per heavy atom. The lowest BCUT2D eigenvalue weighted by molar-refractivity contribution is 0.492. The SMILES string of the molecule is Cc1cc(CBr)cc(OS(C)(=O)=O)c1. The first-order valence-corrected chi connectivity index (χ1v) is 6.90. The summed E-state index contributed by atoms with van der Waals surface area (Å²) in [5.74, 6) is 0.363. The van der Waals surface area contributed by atoms with Gasteiger partial charge in [0.1, 0.15) is 5.75 Å². The number of halogens is 1. The number of benzene rings is 1. The van der Waals surface area contributed by atoms with Gasteiger partial charge < -0.3 is 4.18 Å². The summed E-state index contributed by atoms with van der Waals surface area (Å²) in [6.07, 6.45) is 1.03. The van der Waals surface area contributed by atoms with Crippen LogP contribution < -0.4 is 4.18 Å². The van der Waals surface area contributed by atoms with Crippen LogP contribution in [0.2, 0.25) is 0 Å². The summed E-state index contributed by atoms with van der Waals surface area (Å²) in [6, 6.07) is 5.35. The Kier molecular flexibility index (Phi) is 3.55. The molecule has 5 heteroatoms. The van der Waals surface area contributed by atoms with Crippen LogP contribution in [0.25, 0.3) is 0 Å². The van der Waals surface area contributed by atoms with Crippen molar-refractivity contribution < 1.29 is 12.6 Å². The van der Waals surface area contributed by atoms with Gasteiger partial charge in [-0.3, -0.25) is 0 Å². The van der Waals surface area contributed by atoms with E-state index in [1.165, 1.54) is 0 Å². The first kappa shape index (κ1) is 11.5. The van der Waals surface area contributed by atoms with E-state index in [0.717, 1.165) is 17.4 Å². The van der Waals surface area contributed by atoms with Crippen molar-refractivity contribution in [3.05, 3.63) is 29.3 Å². The second-order valence-corrected chi connectivity index (χ2v) is 5.21. The van der Waals surface area contributed by atoms with Gasteiger partial charge in [0.2, 0.25) is 0 Å². The summed E-state index contributed by atoms with van der Waals surface area (Å²) in [6.45, 7) is 1.89. The standard InChI is InChI=1S/C9H11BrO3S/c1-7-3-8(6-10)5-9(4-7)13-14(2,11)12/h3-5H,6H2,1-2H3. The molecule has 0 amide bonds. The number of hydrogen-bond acceptors (Lipinski definition) is 3. The van der Waals surface area contributed by atoms with Gasteiger partial charge in [0.15, 0.2) is 0 Å². The smallest absolute Gasteiger partial charge is 0.306 e. The molecule has 1 rings (SSSR count). The van der Waals surface area contributed by atoms with Crippen LogP contribution in [0.3, 0.4) is 0 Å². The van der Waals surface area contributed by atoms with Gasteiger partial charge in [-0.15, -0.1) is 0 Å². The third-order valence-electron chi connectivity index (χ3n) is 1.51. The molecule has 0 aromatic heterocycles. The van der Waals surface area contributed by atoms with Gasteiger partial charge in [-0.2, -0.15) is 8.42 Å². The molecule has 0 saturated heterocycles. The van der Waals surface area contributed by atoms with E-state index in [-0.39, 0.29) is 0 Å². The van der Waals surface area contributed by atoms with Gasteiger partial charge in [-0.1, -0.05) is 22.0 Å². The molecule has 0 saturated carbocycles. The van der Waals surface area contributed by atoms with E-state index in [2.05, 4.69) is 15.9 Å². The van der Waals surface area contributed by atoms with Crippen molar-refractivity contribution in [1.29, 1.82) is 0 Å². The summed E-state index contributed by atoms with van der Waals surface area (Å²) in [5, 5.41) is 0.675. The molecular weight excluding hydrogens is 268 g/mol. The van der Waals surface area contributed by atoms with Gasteiger partial charge >= 0.3 is 10.1 Å². The highest BCUT2D eigenvalue weighted by molar-refractivity contribution is 9.08. The molecule has 0 aliphatic carbocycles. The van der Waals surface area contributed by atoms with Crippen LogP contribution in [-0.2, 0) is 15.4 Å². The second kappa shape index (κ2) is 4.31. The Bertz CT molecular complexity index is 426. The van der Waals surface area contributed by atoms with Crippen LogP contribution >= 0.6 is 15.9 Å². The molecule has 0 spiro atoms. The predicted molar refractivity (Wildman–Crippen MR) is 59.3 cm³/mol. The van der Waals surface area contributed by atoms with Crippen LogP contribution in [0.15, 0.2) is 18.2 Å². The minimum absolute atomic E-state index is 0.363. The Morgan fingerprint density at radius 1 is 1.36 bits per heavy atom. The fraction of sp³-hybridized carbons (Fsp3) is 0.333. The molecule has 0 aliphatic heterocycles. The highest BCUT2D eigenvalue weighted by atomic mass is 79.9. The lowest BCUT2D eigenvalue weighted by atomic mass is 10.1. The molecule has 0 bridgehead atoms. The zero-order valence-corrected chi connectivity index (χ0v) is 10.4. The molecule has 0 atom stereocenters. The lowest BCUT2D eigenvalue weighted by Gasteiger charge is -2.05. The van der Waals surface area contributed by atoms with Crippen LogP contribution in [-0.4, -0.2) is 14.7 Å². The molecule has 0 radical (unpaired) electrons. The predicted octanol–water partition coefficient (Wildman–Crippen LogP) is 2.23. The number of alkyl halides is 1. The molecule has 0 aliphatic rings. The summed E-state index contributed by atoms with van der Waals surface area (Å²) >= 11 is 3.30. The summed E-state index contributed by atoms with van der Waals surface area (Å²) in [5.41, 5.74) is 1.96. The van der Waals surface area contributed by atoms with Gasteiger partial charge in [0.25, 0.3) is 0 Å². The van der Waals surface area contributed by atoms with E-state index < -0.39 is 10.1 Å². The minimum Gasteiger partial charge on any atom is -0.383 e. The topological polar surface area (TPSA) is 43.4 Å². The van der Waals surface area contributed by atoms with Gasteiger partial charge in [-0.05, 0) is 30.2 Å². The quantitative estimate of drug-likeness (QED) is 0.629. The molecule has 0 N–H and O–H groups in total. The fourth-order valence-electron chi connectivity index (χ4n) is 1.12. The highest BCUT2D eigenvalue weighted by Crippen LogP contribution is 2.19. The average molecular weight is 279 g/mol. The molecule has 3 nitrogen and oxygen atoms in total. The molecule has 0 fully saturated rings. The van der Waals surface area contributed by atoms with Crippen molar-refractivity contribution in [2.45, 2.75) is 12.3 Å². The fourth-order valence-corrected chi connectivity index (χ4v) is 1.89. The molecule has 1 aromatic carbocycles. The van der Waals surface area contributed by atoms with Crippen molar-refractivity contribution in [3.63, 3.8) is 0 Å². The second-order valence-electron chi connectivity index (χ2n) is 3.08. The Hall–Kier alpha value is -0.550. The van der Waals surface area contributed by atoms with Gasteiger partial charge in [-0.25, -0.2) is 0 Å². The Morgan fingerprint density at radius 3 is 2.50 bits per heavy atom. The lowest BCUT2D eigenvalue weighted by Crippen LogP contribution is -2.06. The molecule has 78 valence electrons.